The number of hydrogen-bond acceptors (Lipinski definition) is 7. The number of aromatic nitrogens is 1. The summed E-state index contributed by atoms with van der Waals surface area (Å²) in [5.74, 6) is 6.63. The molecule has 2 aliphatic rings. The van der Waals surface area contributed by atoms with Gasteiger partial charge < -0.3 is 29.6 Å². The van der Waals surface area contributed by atoms with E-state index < -0.39 is 5.60 Å². The molecule has 1 aromatic carbocycles. The van der Waals surface area contributed by atoms with Crippen LogP contribution in [0.5, 0.6) is 0 Å². The fourth-order valence-electron chi connectivity index (χ4n) is 7.12. The van der Waals surface area contributed by atoms with Gasteiger partial charge in [0.15, 0.2) is 0 Å². The third-order valence-electron chi connectivity index (χ3n) is 9.39. The lowest BCUT2D eigenvalue weighted by Crippen LogP contribution is -2.59. The maximum absolute atomic E-state index is 13.9. The number of aromatic amines is 1. The Kier molecular flexibility index (Phi) is 12.6. The molecule has 2 aliphatic heterocycles. The fourth-order valence-corrected chi connectivity index (χ4v) is 7.12. The summed E-state index contributed by atoms with van der Waals surface area (Å²) < 4.78 is 11.3. The lowest BCUT2D eigenvalue weighted by atomic mass is 9.97. The van der Waals surface area contributed by atoms with E-state index in [0.717, 1.165) is 47.5 Å². The van der Waals surface area contributed by atoms with E-state index in [0.29, 0.717) is 50.0 Å². The number of aryl methyl sites for hydroxylation is 1. The molecular weight excluding hydrogens is 618 g/mol. The van der Waals surface area contributed by atoms with Gasteiger partial charge in [-0.1, -0.05) is 25.7 Å². The maximum Gasteiger partial charge on any atom is 0.410 e. The fraction of sp³-hybridized carbons (Fsp3) is 0.615. The molecule has 3 heterocycles. The van der Waals surface area contributed by atoms with Crippen LogP contribution >= 0.6 is 0 Å². The summed E-state index contributed by atoms with van der Waals surface area (Å²) in [4.78, 5) is 49.0. The first kappa shape index (κ1) is 38.0. The van der Waals surface area contributed by atoms with Crippen molar-refractivity contribution in [3.8, 4) is 11.8 Å². The molecule has 2 amide bonds. The summed E-state index contributed by atoms with van der Waals surface area (Å²) in [5, 5.41) is 3.05. The first-order chi connectivity index (χ1) is 23.1. The minimum atomic E-state index is -0.546. The van der Waals surface area contributed by atoms with Crippen molar-refractivity contribution in [3.05, 3.63) is 62.1 Å². The second-order valence-corrected chi connectivity index (χ2v) is 14.9. The molecule has 2 aromatic rings. The molecule has 1 aromatic heterocycles. The molecule has 2 atom stereocenters. The number of anilines is 1. The quantitative estimate of drug-likeness (QED) is 0.344. The van der Waals surface area contributed by atoms with Crippen molar-refractivity contribution in [2.45, 2.75) is 118 Å². The monoisotopic (exact) mass is 675 g/mol. The zero-order chi connectivity index (χ0) is 36.0. The number of ether oxygens (including phenoxy) is 2. The predicted molar refractivity (Wildman–Crippen MR) is 195 cm³/mol. The van der Waals surface area contributed by atoms with Gasteiger partial charge in [0.1, 0.15) is 5.60 Å². The molecule has 2 saturated heterocycles. The Labute approximate surface area is 292 Å². The van der Waals surface area contributed by atoms with E-state index in [1.165, 1.54) is 0 Å². The minimum Gasteiger partial charge on any atom is -0.444 e. The maximum atomic E-state index is 13.9. The van der Waals surface area contributed by atoms with Gasteiger partial charge in [-0.2, -0.15) is 0 Å². The third kappa shape index (κ3) is 9.67. The number of benzene rings is 1. The Morgan fingerprint density at radius 3 is 2.35 bits per heavy atom. The van der Waals surface area contributed by atoms with Gasteiger partial charge in [-0.25, -0.2) is 4.79 Å². The Morgan fingerprint density at radius 2 is 1.76 bits per heavy atom. The van der Waals surface area contributed by atoms with Gasteiger partial charge in [-0.3, -0.25) is 14.5 Å². The number of piperazine rings is 1. The van der Waals surface area contributed by atoms with Crippen molar-refractivity contribution in [2.75, 3.05) is 44.3 Å². The van der Waals surface area contributed by atoms with Gasteiger partial charge in [0.2, 0.25) is 0 Å². The van der Waals surface area contributed by atoms with Crippen LogP contribution in [-0.4, -0.2) is 89.9 Å². The number of nitrogens with zero attached hydrogens (tertiary/aromatic N) is 3. The van der Waals surface area contributed by atoms with E-state index in [1.54, 1.807) is 0 Å². The first-order valence-electron chi connectivity index (χ1n) is 17.8. The van der Waals surface area contributed by atoms with Gasteiger partial charge in [0.05, 0.1) is 6.54 Å². The third-order valence-corrected chi connectivity index (χ3v) is 9.39. The summed E-state index contributed by atoms with van der Waals surface area (Å²) in [5.41, 5.74) is 4.80. The van der Waals surface area contributed by atoms with Crippen molar-refractivity contribution in [1.29, 1.82) is 0 Å². The molecule has 0 spiro atoms. The van der Waals surface area contributed by atoms with E-state index in [2.05, 4.69) is 58.8 Å². The Balaban J connectivity index is 1.60. The van der Waals surface area contributed by atoms with Crippen molar-refractivity contribution in [1.82, 2.24) is 20.1 Å². The van der Waals surface area contributed by atoms with E-state index in [1.807, 2.05) is 65.5 Å². The molecule has 2 N–H and O–H groups in total. The van der Waals surface area contributed by atoms with Crippen LogP contribution in [-0.2, 0) is 16.0 Å². The summed E-state index contributed by atoms with van der Waals surface area (Å²) in [6.07, 6.45) is 1.56. The Bertz CT molecular complexity index is 1600. The SMILES string of the molecule is CCN(c1cc(C#CCN2C[C@@H](C)N(C(=O)OC(C)(C)C)[C@@H](C)C2)cc(C(=O)NCc2c(C(C)C)cc(C)[nH]c2=O)c1C)C1CCOCC1. The second-order valence-electron chi connectivity index (χ2n) is 14.9. The van der Waals surface area contributed by atoms with Gasteiger partial charge in [0.25, 0.3) is 11.5 Å². The average molecular weight is 676 g/mol. The number of H-pyrrole nitrogens is 1. The highest BCUT2D eigenvalue weighted by Gasteiger charge is 2.35. The Morgan fingerprint density at radius 1 is 1.10 bits per heavy atom. The molecule has 0 bridgehead atoms. The molecular formula is C39H57N5O5. The van der Waals surface area contributed by atoms with Crippen LogP contribution in [0, 0.1) is 25.7 Å². The normalized spacial score (nSPS) is 19.0. The van der Waals surface area contributed by atoms with Crippen LogP contribution in [0.15, 0.2) is 23.0 Å². The van der Waals surface area contributed by atoms with Crippen LogP contribution in [0.3, 0.4) is 0 Å². The lowest BCUT2D eigenvalue weighted by molar-refractivity contribution is -0.0129. The minimum absolute atomic E-state index is 0.0174. The highest BCUT2D eigenvalue weighted by Crippen LogP contribution is 2.30. The average Bonchev–Trinajstić information content (AvgIpc) is 3.01. The van der Waals surface area contributed by atoms with Crippen LogP contribution in [0.1, 0.15) is 112 Å². The summed E-state index contributed by atoms with van der Waals surface area (Å²) in [6.45, 7) is 24.1. The molecule has 49 heavy (non-hydrogen) atoms. The molecule has 268 valence electrons. The van der Waals surface area contributed by atoms with Crippen molar-refractivity contribution in [3.63, 3.8) is 0 Å². The van der Waals surface area contributed by atoms with Crippen LogP contribution < -0.4 is 15.8 Å². The first-order valence-corrected chi connectivity index (χ1v) is 17.8. The standard InChI is InChI=1S/C39H57N5O5/c1-11-43(31-14-17-48-18-15-31)35-21-30(13-12-16-42-23-27(5)44(28(6)24-42)38(47)49-39(8,9)10)20-33(29(35)7)36(45)40-22-34-32(25(2)3)19-26(4)41-37(34)46/h19-21,25,27-28,31H,11,14-18,22-24H2,1-10H3,(H,40,45)(H,41,46)/t27-,28+. The highest BCUT2D eigenvalue weighted by molar-refractivity contribution is 5.97. The molecule has 2 fully saturated rings. The van der Waals surface area contributed by atoms with Crippen LogP contribution in [0.2, 0.25) is 0 Å². The Hall–Kier alpha value is -3.81. The van der Waals surface area contributed by atoms with Gasteiger partial charge in [0, 0.05) is 85.6 Å². The lowest BCUT2D eigenvalue weighted by Gasteiger charge is -2.44. The van der Waals surface area contributed by atoms with Crippen molar-refractivity contribution < 1.29 is 19.1 Å². The number of carbonyl (C=O) groups is 2. The molecule has 10 nitrogen and oxygen atoms in total. The smallest absolute Gasteiger partial charge is 0.410 e. The van der Waals surface area contributed by atoms with E-state index in [4.69, 9.17) is 9.47 Å². The summed E-state index contributed by atoms with van der Waals surface area (Å²) in [6, 6.07) is 6.23. The summed E-state index contributed by atoms with van der Waals surface area (Å²) >= 11 is 0. The number of rotatable bonds is 8. The van der Waals surface area contributed by atoms with E-state index in [9.17, 15) is 14.4 Å². The number of carbonyl (C=O) groups excluding carboxylic acids is 2. The number of nitrogens with one attached hydrogen (secondary N) is 2. The molecule has 4 rings (SSSR count). The highest BCUT2D eigenvalue weighted by atomic mass is 16.6. The van der Waals surface area contributed by atoms with E-state index in [-0.39, 0.29) is 42.1 Å². The summed E-state index contributed by atoms with van der Waals surface area (Å²) in [7, 11) is 0. The molecule has 0 saturated carbocycles. The zero-order valence-corrected chi connectivity index (χ0v) is 31.3. The van der Waals surface area contributed by atoms with Gasteiger partial charge >= 0.3 is 6.09 Å². The topological polar surface area (TPSA) is 107 Å². The predicted octanol–water partition coefficient (Wildman–Crippen LogP) is 5.73. The largest absolute Gasteiger partial charge is 0.444 e. The number of hydrogen-bond donors (Lipinski definition) is 2. The molecule has 10 heteroatoms. The number of pyridine rings is 1. The van der Waals surface area contributed by atoms with Crippen LogP contribution in [0.4, 0.5) is 10.5 Å². The number of amides is 2. The van der Waals surface area contributed by atoms with Crippen molar-refractivity contribution in [2.24, 2.45) is 0 Å². The van der Waals surface area contributed by atoms with Gasteiger partial charge in [-0.15, -0.1) is 0 Å². The van der Waals surface area contributed by atoms with Crippen molar-refractivity contribution >= 4 is 17.7 Å². The second kappa shape index (κ2) is 16.3. The van der Waals surface area contributed by atoms with Crippen LogP contribution in [0.25, 0.3) is 0 Å². The molecule has 0 aliphatic carbocycles. The molecule has 0 unspecified atom stereocenters. The zero-order valence-electron chi connectivity index (χ0n) is 31.3. The van der Waals surface area contributed by atoms with Gasteiger partial charge in [-0.05, 0) is 103 Å². The van der Waals surface area contributed by atoms with E-state index >= 15 is 0 Å². The molecule has 0 radical (unpaired) electrons.